The Labute approximate surface area is 146 Å². The second kappa shape index (κ2) is 5.80. The molecule has 0 saturated carbocycles. The highest BCUT2D eigenvalue weighted by Crippen LogP contribution is 2.34. The van der Waals surface area contributed by atoms with Crippen molar-refractivity contribution < 1.29 is 4.74 Å². The molecule has 0 aliphatic carbocycles. The van der Waals surface area contributed by atoms with E-state index in [2.05, 4.69) is 35.9 Å². The average molecular weight is 342 g/mol. The van der Waals surface area contributed by atoms with Gasteiger partial charge in [0, 0.05) is 17.3 Å². The lowest BCUT2D eigenvalue weighted by atomic mass is 10.1. The molecular formula is C19H20ClN3O. The highest BCUT2D eigenvalue weighted by Gasteiger charge is 2.32. The van der Waals surface area contributed by atoms with E-state index in [0.29, 0.717) is 0 Å². The molecule has 0 amide bonds. The quantitative estimate of drug-likeness (QED) is 0.713. The molecule has 0 bridgehead atoms. The number of imidazole rings is 1. The summed E-state index contributed by atoms with van der Waals surface area (Å²) in [6.07, 6.45) is 0.621. The fourth-order valence-corrected chi connectivity index (χ4v) is 3.26. The topological polar surface area (TPSA) is 39.1 Å². The number of halogens is 1. The summed E-state index contributed by atoms with van der Waals surface area (Å²) in [5.41, 5.74) is 2.88. The van der Waals surface area contributed by atoms with Gasteiger partial charge in [0.2, 0.25) is 0 Å². The third-order valence-electron chi connectivity index (χ3n) is 4.43. The summed E-state index contributed by atoms with van der Waals surface area (Å²) in [6.45, 7) is 5.14. The van der Waals surface area contributed by atoms with Gasteiger partial charge in [-0.25, -0.2) is 4.98 Å². The Bertz CT molecular complexity index is 870. The summed E-state index contributed by atoms with van der Waals surface area (Å²) < 4.78 is 8.62. The largest absolute Gasteiger partial charge is 0.354 e. The number of rotatable bonds is 2. The van der Waals surface area contributed by atoms with Crippen LogP contribution in [0.4, 0.5) is 5.69 Å². The van der Waals surface area contributed by atoms with Crippen LogP contribution in [-0.2, 0) is 11.3 Å². The van der Waals surface area contributed by atoms with Crippen LogP contribution in [0, 0.1) is 0 Å². The smallest absolute Gasteiger partial charge is 0.187 e. The molecule has 4 nitrogen and oxygen atoms in total. The minimum atomic E-state index is -0.309. The molecule has 0 fully saturated rings. The molecule has 2 heterocycles. The molecule has 1 aliphatic heterocycles. The fraction of sp³-hybridized carbons (Fsp3) is 0.316. The summed E-state index contributed by atoms with van der Waals surface area (Å²) in [6, 6.07) is 15.9. The van der Waals surface area contributed by atoms with E-state index < -0.39 is 0 Å². The van der Waals surface area contributed by atoms with Crippen LogP contribution in [0.2, 0.25) is 5.02 Å². The first kappa shape index (κ1) is 15.5. The van der Waals surface area contributed by atoms with Gasteiger partial charge >= 0.3 is 0 Å². The highest BCUT2D eigenvalue weighted by atomic mass is 35.5. The number of ether oxygens (including phenoxy) is 1. The number of aryl methyl sites for hydroxylation is 1. The predicted molar refractivity (Wildman–Crippen MR) is 97.3 cm³/mol. The van der Waals surface area contributed by atoms with Gasteiger partial charge in [0.15, 0.2) is 12.1 Å². The number of hydrogen-bond donors (Lipinski definition) is 1. The van der Waals surface area contributed by atoms with E-state index in [1.165, 1.54) is 0 Å². The molecule has 0 spiro atoms. The van der Waals surface area contributed by atoms with Crippen molar-refractivity contribution in [3.05, 3.63) is 59.4 Å². The molecule has 0 unspecified atom stereocenters. The number of benzene rings is 2. The molecule has 3 aromatic rings. The van der Waals surface area contributed by atoms with E-state index in [-0.39, 0.29) is 11.8 Å². The molecule has 1 atom stereocenters. The van der Waals surface area contributed by atoms with Crippen molar-refractivity contribution in [1.29, 1.82) is 0 Å². The summed E-state index contributed by atoms with van der Waals surface area (Å²) in [5, 5.41) is 4.17. The fourth-order valence-electron chi connectivity index (χ4n) is 3.13. The van der Waals surface area contributed by atoms with E-state index in [4.69, 9.17) is 21.3 Å². The van der Waals surface area contributed by atoms with E-state index in [1.54, 1.807) is 0 Å². The van der Waals surface area contributed by atoms with Gasteiger partial charge < -0.3 is 14.6 Å². The van der Waals surface area contributed by atoms with Gasteiger partial charge in [-0.2, -0.15) is 0 Å². The number of nitrogens with one attached hydrogen (secondary N) is 1. The Morgan fingerprint density at radius 2 is 1.92 bits per heavy atom. The maximum atomic E-state index is 6.36. The molecule has 0 saturated heterocycles. The van der Waals surface area contributed by atoms with E-state index in [0.717, 1.165) is 40.5 Å². The van der Waals surface area contributed by atoms with Gasteiger partial charge in [0.05, 0.1) is 16.6 Å². The molecule has 24 heavy (non-hydrogen) atoms. The average Bonchev–Trinajstić information content (AvgIpc) is 2.87. The molecule has 1 aromatic heterocycles. The summed E-state index contributed by atoms with van der Waals surface area (Å²) in [7, 11) is 0. The van der Waals surface area contributed by atoms with Gasteiger partial charge in [-0.15, -0.1) is 0 Å². The Balaban J connectivity index is 1.77. The van der Waals surface area contributed by atoms with Crippen molar-refractivity contribution in [1.82, 2.24) is 9.55 Å². The lowest BCUT2D eigenvalue weighted by Gasteiger charge is -2.28. The first-order chi connectivity index (χ1) is 11.5. The van der Waals surface area contributed by atoms with Crippen molar-refractivity contribution in [3.63, 3.8) is 0 Å². The Hall–Kier alpha value is -2.04. The number of anilines is 1. The number of fused-ring (bicyclic) bond motifs is 3. The predicted octanol–water partition coefficient (Wildman–Crippen LogP) is 5.00. The van der Waals surface area contributed by atoms with Gasteiger partial charge in [0.25, 0.3) is 0 Å². The van der Waals surface area contributed by atoms with Crippen LogP contribution in [0.5, 0.6) is 0 Å². The molecule has 1 N–H and O–H groups in total. The van der Waals surface area contributed by atoms with Gasteiger partial charge in [-0.05, 0) is 56.7 Å². The summed E-state index contributed by atoms with van der Waals surface area (Å²) >= 11 is 5.98. The van der Waals surface area contributed by atoms with E-state index >= 15 is 0 Å². The molecule has 124 valence electrons. The third-order valence-corrected chi connectivity index (χ3v) is 4.69. The zero-order chi connectivity index (χ0) is 16.7. The minimum Gasteiger partial charge on any atom is -0.354 e. The molecule has 4 rings (SSSR count). The van der Waals surface area contributed by atoms with Crippen molar-refractivity contribution in [3.8, 4) is 0 Å². The standard InChI is InChI=1S/C19H20ClN3O/c1-19(2)11-12-23-16-6-4-3-5-15(16)22-17(23)18(24-19)21-14-9-7-13(20)8-10-14/h3-10,18,21H,11-12H2,1-2H3/t18-/m0/s1. The Morgan fingerprint density at radius 1 is 1.17 bits per heavy atom. The lowest BCUT2D eigenvalue weighted by molar-refractivity contribution is -0.0620. The lowest BCUT2D eigenvalue weighted by Crippen LogP contribution is -2.28. The van der Waals surface area contributed by atoms with Gasteiger partial charge in [0.1, 0.15) is 0 Å². The second-order valence-corrected chi connectivity index (χ2v) is 7.21. The van der Waals surface area contributed by atoms with E-state index in [1.807, 2.05) is 36.4 Å². The highest BCUT2D eigenvalue weighted by molar-refractivity contribution is 6.30. The van der Waals surface area contributed by atoms with Crippen LogP contribution in [0.3, 0.4) is 0 Å². The van der Waals surface area contributed by atoms with Crippen LogP contribution in [0.25, 0.3) is 11.0 Å². The number of nitrogens with zero attached hydrogens (tertiary/aromatic N) is 2. The molecule has 0 radical (unpaired) electrons. The summed E-state index contributed by atoms with van der Waals surface area (Å²) in [5.74, 6) is 0.914. The maximum absolute atomic E-state index is 6.36. The van der Waals surface area contributed by atoms with Gasteiger partial charge in [-0.3, -0.25) is 0 Å². The van der Waals surface area contributed by atoms with Crippen LogP contribution < -0.4 is 5.32 Å². The minimum absolute atomic E-state index is 0.230. The van der Waals surface area contributed by atoms with Crippen molar-refractivity contribution in [2.75, 3.05) is 5.32 Å². The maximum Gasteiger partial charge on any atom is 0.187 e. The molecule has 1 aliphatic rings. The molecular weight excluding hydrogens is 322 g/mol. The number of aromatic nitrogens is 2. The second-order valence-electron chi connectivity index (χ2n) is 6.77. The van der Waals surface area contributed by atoms with Crippen LogP contribution in [0.1, 0.15) is 32.3 Å². The van der Waals surface area contributed by atoms with Crippen LogP contribution >= 0.6 is 11.6 Å². The third kappa shape index (κ3) is 2.87. The first-order valence-corrected chi connectivity index (χ1v) is 8.55. The molecule has 5 heteroatoms. The number of hydrogen-bond acceptors (Lipinski definition) is 3. The summed E-state index contributed by atoms with van der Waals surface area (Å²) in [4.78, 5) is 4.82. The number of para-hydroxylation sites is 2. The van der Waals surface area contributed by atoms with Crippen LogP contribution in [-0.4, -0.2) is 15.2 Å². The SMILES string of the molecule is CC1(C)CCn2c(nc3ccccc32)[C@@H](Nc2ccc(Cl)cc2)O1. The monoisotopic (exact) mass is 341 g/mol. The zero-order valence-electron chi connectivity index (χ0n) is 13.8. The zero-order valence-corrected chi connectivity index (χ0v) is 14.5. The van der Waals surface area contributed by atoms with Crippen molar-refractivity contribution in [2.45, 2.75) is 38.6 Å². The van der Waals surface area contributed by atoms with Crippen LogP contribution in [0.15, 0.2) is 48.5 Å². The Kier molecular flexibility index (Phi) is 3.74. The normalized spacial score (nSPS) is 19.7. The van der Waals surface area contributed by atoms with Crippen molar-refractivity contribution >= 4 is 28.3 Å². The first-order valence-electron chi connectivity index (χ1n) is 8.17. The van der Waals surface area contributed by atoms with Crippen molar-refractivity contribution in [2.24, 2.45) is 0 Å². The van der Waals surface area contributed by atoms with Gasteiger partial charge in [-0.1, -0.05) is 23.7 Å². The Morgan fingerprint density at radius 3 is 2.71 bits per heavy atom. The molecule has 2 aromatic carbocycles. The van der Waals surface area contributed by atoms with E-state index in [9.17, 15) is 0 Å².